The molecule has 0 saturated carbocycles. The zero-order chi connectivity index (χ0) is 18.6. The molecule has 0 aliphatic carbocycles. The zero-order valence-corrected chi connectivity index (χ0v) is 14.5. The Labute approximate surface area is 146 Å². The van der Waals surface area contributed by atoms with Crippen molar-refractivity contribution in [3.8, 4) is 11.5 Å². The monoisotopic (exact) mass is 344 g/mol. The minimum atomic E-state index is -1.19. The number of hydrogen-bond acceptors (Lipinski definition) is 5. The molecule has 0 aliphatic heterocycles. The second-order valence-corrected chi connectivity index (χ2v) is 5.93. The summed E-state index contributed by atoms with van der Waals surface area (Å²) in [6.45, 7) is 3.97. The molecule has 6 heteroatoms. The van der Waals surface area contributed by atoms with Crippen molar-refractivity contribution in [1.82, 2.24) is 0 Å². The Kier molecular flexibility index (Phi) is 5.32. The van der Waals surface area contributed by atoms with Crippen LogP contribution in [0, 0.1) is 0 Å². The Balaban J connectivity index is 2.44. The fraction of sp³-hybridized carbons (Fsp3) is 0.263. The summed E-state index contributed by atoms with van der Waals surface area (Å²) in [5, 5.41) is 9.43. The van der Waals surface area contributed by atoms with Gasteiger partial charge in [0.15, 0.2) is 0 Å². The lowest BCUT2D eigenvalue weighted by Crippen LogP contribution is -2.20. The van der Waals surface area contributed by atoms with E-state index in [9.17, 15) is 14.7 Å². The fourth-order valence-corrected chi connectivity index (χ4v) is 2.48. The van der Waals surface area contributed by atoms with Gasteiger partial charge in [-0.15, -0.1) is 0 Å². The maximum atomic E-state index is 11.5. The van der Waals surface area contributed by atoms with Gasteiger partial charge >= 0.3 is 12.1 Å². The van der Waals surface area contributed by atoms with Crippen molar-refractivity contribution in [2.24, 2.45) is 0 Å². The van der Waals surface area contributed by atoms with Crippen LogP contribution < -0.4 is 9.47 Å². The van der Waals surface area contributed by atoms with E-state index in [-0.39, 0.29) is 11.3 Å². The molecule has 0 heterocycles. The van der Waals surface area contributed by atoms with E-state index in [0.717, 1.165) is 24.0 Å². The van der Waals surface area contributed by atoms with Gasteiger partial charge < -0.3 is 19.3 Å². The molecule has 0 aromatic heterocycles. The van der Waals surface area contributed by atoms with Gasteiger partial charge in [0.1, 0.15) is 17.1 Å². The van der Waals surface area contributed by atoms with Crippen LogP contribution in [0.25, 0.3) is 0 Å². The molecule has 6 nitrogen and oxygen atoms in total. The minimum absolute atomic E-state index is 0.0615. The van der Waals surface area contributed by atoms with E-state index in [0.29, 0.717) is 0 Å². The number of hydrogen-bond donors (Lipinski definition) is 1. The van der Waals surface area contributed by atoms with Gasteiger partial charge in [-0.2, -0.15) is 0 Å². The maximum Gasteiger partial charge on any atom is 0.513 e. The van der Waals surface area contributed by atoms with Gasteiger partial charge in [-0.3, -0.25) is 0 Å². The van der Waals surface area contributed by atoms with Crippen LogP contribution in [0.5, 0.6) is 11.5 Å². The first-order chi connectivity index (χ1) is 11.8. The molecular weight excluding hydrogens is 324 g/mol. The molecule has 0 amide bonds. The number of aromatic carboxylic acids is 1. The largest absolute Gasteiger partial charge is 0.513 e. The van der Waals surface area contributed by atoms with Crippen LogP contribution in [-0.4, -0.2) is 31.5 Å². The van der Waals surface area contributed by atoms with Crippen molar-refractivity contribution in [2.45, 2.75) is 19.3 Å². The number of carbonyl (C=O) groups excluding carboxylic acids is 1. The van der Waals surface area contributed by atoms with Crippen molar-refractivity contribution in [1.29, 1.82) is 0 Å². The molecule has 0 saturated heterocycles. The van der Waals surface area contributed by atoms with Crippen LogP contribution in [0.15, 0.2) is 42.5 Å². The third kappa shape index (κ3) is 3.91. The highest BCUT2D eigenvalue weighted by Gasteiger charge is 2.26. The van der Waals surface area contributed by atoms with E-state index in [1.165, 1.54) is 12.1 Å². The van der Waals surface area contributed by atoms with E-state index in [1.807, 2.05) is 38.1 Å². The van der Waals surface area contributed by atoms with E-state index < -0.39 is 17.5 Å². The van der Waals surface area contributed by atoms with E-state index in [4.69, 9.17) is 9.47 Å². The molecular formula is C19H20O6. The maximum absolute atomic E-state index is 11.5. The summed E-state index contributed by atoms with van der Waals surface area (Å²) in [7, 11) is 2.75. The molecule has 0 atom stereocenters. The van der Waals surface area contributed by atoms with Gasteiger partial charge in [0.2, 0.25) is 0 Å². The number of carbonyl (C=O) groups is 2. The molecule has 2 aromatic rings. The topological polar surface area (TPSA) is 82.1 Å². The smallest absolute Gasteiger partial charge is 0.497 e. The predicted molar refractivity (Wildman–Crippen MR) is 91.6 cm³/mol. The van der Waals surface area contributed by atoms with Gasteiger partial charge in [0, 0.05) is 5.41 Å². The van der Waals surface area contributed by atoms with Crippen molar-refractivity contribution in [3.63, 3.8) is 0 Å². The number of carboxylic acid groups (broad SMARTS) is 1. The van der Waals surface area contributed by atoms with Crippen LogP contribution in [0.4, 0.5) is 4.79 Å². The lowest BCUT2D eigenvalue weighted by molar-refractivity contribution is 0.0691. The summed E-state index contributed by atoms with van der Waals surface area (Å²) in [6.07, 6.45) is -0.968. The zero-order valence-electron chi connectivity index (χ0n) is 14.5. The van der Waals surface area contributed by atoms with E-state index >= 15 is 0 Å². The average molecular weight is 344 g/mol. The number of carboxylic acids is 1. The third-order valence-electron chi connectivity index (χ3n) is 4.10. The second-order valence-electron chi connectivity index (χ2n) is 5.93. The molecule has 25 heavy (non-hydrogen) atoms. The number of rotatable bonds is 5. The summed E-state index contributed by atoms with van der Waals surface area (Å²) in [4.78, 5) is 22.8. The third-order valence-corrected chi connectivity index (χ3v) is 4.10. The van der Waals surface area contributed by atoms with Crippen LogP contribution in [0.3, 0.4) is 0 Å². The lowest BCUT2D eigenvalue weighted by Gasteiger charge is -2.27. The van der Waals surface area contributed by atoms with Crippen molar-refractivity contribution < 1.29 is 28.9 Å². The summed E-state index contributed by atoms with van der Waals surface area (Å²) >= 11 is 0. The lowest BCUT2D eigenvalue weighted by atomic mass is 9.77. The highest BCUT2D eigenvalue weighted by Crippen LogP contribution is 2.35. The van der Waals surface area contributed by atoms with Crippen LogP contribution in [0.2, 0.25) is 0 Å². The summed E-state index contributed by atoms with van der Waals surface area (Å²) in [5.41, 5.74) is 1.20. The summed E-state index contributed by atoms with van der Waals surface area (Å²) < 4.78 is 14.5. The second kappa shape index (κ2) is 7.25. The van der Waals surface area contributed by atoms with Gasteiger partial charge in [-0.05, 0) is 35.4 Å². The molecule has 2 aromatic carbocycles. The number of ether oxygens (including phenoxy) is 3. The number of methoxy groups -OCH3 is 2. The van der Waals surface area contributed by atoms with Crippen molar-refractivity contribution >= 4 is 12.1 Å². The standard InChI is InChI=1S/C19H20O6/c1-19(2,12-5-8-14(23-3)9-6-12)13-7-10-16(25-18(22)24-4)15(11-13)17(20)21/h5-11H,1-4H3,(H,20,21). The highest BCUT2D eigenvalue weighted by atomic mass is 16.7. The molecule has 132 valence electrons. The molecule has 0 bridgehead atoms. The summed E-state index contributed by atoms with van der Waals surface area (Å²) in [5.74, 6) is -0.507. The quantitative estimate of drug-likeness (QED) is 0.655. The molecule has 1 N–H and O–H groups in total. The van der Waals surface area contributed by atoms with Gasteiger partial charge in [0.25, 0.3) is 0 Å². The Bertz CT molecular complexity index is 777. The fourth-order valence-electron chi connectivity index (χ4n) is 2.48. The molecule has 0 aliphatic rings. The minimum Gasteiger partial charge on any atom is -0.497 e. The van der Waals surface area contributed by atoms with Gasteiger partial charge in [-0.1, -0.05) is 32.0 Å². The molecule has 2 rings (SSSR count). The highest BCUT2D eigenvalue weighted by molar-refractivity contribution is 5.92. The Morgan fingerprint density at radius 3 is 2.08 bits per heavy atom. The van der Waals surface area contributed by atoms with Crippen LogP contribution in [-0.2, 0) is 10.2 Å². The normalized spacial score (nSPS) is 10.9. The van der Waals surface area contributed by atoms with Gasteiger partial charge in [-0.25, -0.2) is 9.59 Å². The molecule has 0 unspecified atom stereocenters. The number of benzene rings is 2. The van der Waals surface area contributed by atoms with E-state index in [1.54, 1.807) is 13.2 Å². The average Bonchev–Trinajstić information content (AvgIpc) is 2.61. The first-order valence-corrected chi connectivity index (χ1v) is 7.57. The van der Waals surface area contributed by atoms with Gasteiger partial charge in [0.05, 0.1) is 14.2 Å². The van der Waals surface area contributed by atoms with E-state index in [2.05, 4.69) is 4.74 Å². The van der Waals surface area contributed by atoms with Crippen LogP contribution in [0.1, 0.15) is 35.3 Å². The van der Waals surface area contributed by atoms with Crippen molar-refractivity contribution in [3.05, 3.63) is 59.2 Å². The molecule has 0 spiro atoms. The first-order valence-electron chi connectivity index (χ1n) is 7.57. The van der Waals surface area contributed by atoms with Crippen molar-refractivity contribution in [2.75, 3.05) is 14.2 Å². The first kappa shape index (κ1) is 18.3. The molecule has 0 radical (unpaired) electrons. The Morgan fingerprint density at radius 2 is 1.56 bits per heavy atom. The molecule has 0 fully saturated rings. The Morgan fingerprint density at radius 1 is 0.960 bits per heavy atom. The SMILES string of the molecule is COC(=O)Oc1ccc(C(C)(C)c2ccc(OC)cc2)cc1C(=O)O. The summed E-state index contributed by atoms with van der Waals surface area (Å²) in [6, 6.07) is 12.3. The van der Waals surface area contributed by atoms with Crippen LogP contribution >= 0.6 is 0 Å². The Hall–Kier alpha value is -3.02. The predicted octanol–water partition coefficient (Wildman–Crippen LogP) is 3.86.